The van der Waals surface area contributed by atoms with Crippen LogP contribution in [0.2, 0.25) is 0 Å². The van der Waals surface area contributed by atoms with E-state index >= 15 is 0 Å². The lowest BCUT2D eigenvalue weighted by Gasteiger charge is -2.14. The molecule has 3 heterocycles. The first-order valence-electron chi connectivity index (χ1n) is 7.88. The van der Waals surface area contributed by atoms with Crippen LogP contribution in [0.5, 0.6) is 0 Å². The van der Waals surface area contributed by atoms with Crippen LogP contribution < -0.4 is 9.80 Å². The fraction of sp³-hybridized carbons (Fsp3) is 0.222. The predicted octanol–water partition coefficient (Wildman–Crippen LogP) is 4.59. The first kappa shape index (κ1) is 18.0. The molecule has 25 heavy (non-hydrogen) atoms. The molecular formula is C18H18Cl2N4S. The summed E-state index contributed by atoms with van der Waals surface area (Å²) >= 11 is 1.86. The van der Waals surface area contributed by atoms with E-state index in [1.165, 1.54) is 31.5 Å². The van der Waals surface area contributed by atoms with Gasteiger partial charge in [0.2, 0.25) is 0 Å². The van der Waals surface area contributed by atoms with Gasteiger partial charge >= 0.3 is 0 Å². The lowest BCUT2D eigenvalue weighted by atomic mass is 10.1. The highest BCUT2D eigenvalue weighted by atomic mass is 35.5. The Labute approximate surface area is 162 Å². The minimum Gasteiger partial charge on any atom is -0.331 e. The average Bonchev–Trinajstić information content (AvgIpc) is 3.33. The van der Waals surface area contributed by atoms with Gasteiger partial charge in [-0.15, -0.1) is 36.2 Å². The topological polar surface area (TPSA) is 31.2 Å². The maximum atomic E-state index is 4.32. The molecule has 0 N–H and O–H groups in total. The van der Waals surface area contributed by atoms with Crippen molar-refractivity contribution in [2.45, 2.75) is 0 Å². The van der Waals surface area contributed by atoms with E-state index in [4.69, 9.17) is 0 Å². The Morgan fingerprint density at radius 2 is 1.20 bits per heavy atom. The number of aliphatic imine (C=N–C) groups is 2. The molecule has 1 aromatic heterocycles. The third kappa shape index (κ3) is 3.08. The monoisotopic (exact) mass is 392 g/mol. The summed E-state index contributed by atoms with van der Waals surface area (Å²) in [6, 6.07) is 13.5. The molecule has 0 bridgehead atoms. The highest BCUT2D eigenvalue weighted by Crippen LogP contribution is 2.38. The molecule has 0 fully saturated rings. The van der Waals surface area contributed by atoms with Crippen LogP contribution in [0, 0.1) is 0 Å². The van der Waals surface area contributed by atoms with Crippen molar-refractivity contribution in [3.63, 3.8) is 0 Å². The fourth-order valence-electron chi connectivity index (χ4n) is 3.26. The Bertz CT molecular complexity index is 890. The number of anilines is 2. The Kier molecular flexibility index (Phi) is 5.18. The van der Waals surface area contributed by atoms with Crippen molar-refractivity contribution in [3.8, 4) is 0 Å². The van der Waals surface area contributed by atoms with Crippen molar-refractivity contribution in [1.29, 1.82) is 0 Å². The molecule has 7 heteroatoms. The molecule has 0 saturated heterocycles. The summed E-state index contributed by atoms with van der Waals surface area (Å²) < 4.78 is 2.68. The first-order chi connectivity index (χ1) is 11.4. The largest absolute Gasteiger partial charge is 0.331 e. The summed E-state index contributed by atoms with van der Waals surface area (Å²) in [5.41, 5.74) is 2.46. The smallest absolute Gasteiger partial charge is 0.0895 e. The Hall–Kier alpha value is -1.82. The van der Waals surface area contributed by atoms with Gasteiger partial charge in [0.05, 0.1) is 25.8 Å². The molecule has 0 atom stereocenters. The van der Waals surface area contributed by atoms with Crippen molar-refractivity contribution in [2.75, 3.05) is 36.0 Å². The molecule has 3 aromatic rings. The minimum atomic E-state index is 0. The third-order valence-electron chi connectivity index (χ3n) is 4.48. The van der Waals surface area contributed by atoms with Gasteiger partial charge in [0.25, 0.3) is 0 Å². The fourth-order valence-corrected chi connectivity index (χ4v) is 4.33. The maximum Gasteiger partial charge on any atom is 0.0895 e. The number of hydrogen-bond acceptors (Lipinski definition) is 5. The van der Waals surface area contributed by atoms with Gasteiger partial charge in [-0.3, -0.25) is 9.98 Å². The van der Waals surface area contributed by atoms with Crippen molar-refractivity contribution >= 4 is 80.4 Å². The molecule has 4 nitrogen and oxygen atoms in total. The van der Waals surface area contributed by atoms with Gasteiger partial charge in [0.15, 0.2) is 0 Å². The van der Waals surface area contributed by atoms with Gasteiger partial charge in [0, 0.05) is 44.6 Å². The van der Waals surface area contributed by atoms with Crippen LogP contribution in [-0.4, -0.2) is 38.9 Å². The number of benzene rings is 2. The highest BCUT2D eigenvalue weighted by Gasteiger charge is 2.13. The summed E-state index contributed by atoms with van der Waals surface area (Å²) in [5, 5.41) is 2.67. The average molecular weight is 393 g/mol. The van der Waals surface area contributed by atoms with Crippen molar-refractivity contribution in [3.05, 3.63) is 36.4 Å². The lowest BCUT2D eigenvalue weighted by molar-refractivity contribution is 1.02. The number of halogens is 2. The highest BCUT2D eigenvalue weighted by molar-refractivity contribution is 7.25. The molecule has 2 aliphatic heterocycles. The number of nitrogens with zero attached hydrogens (tertiary/aromatic N) is 4. The maximum absolute atomic E-state index is 4.32. The number of rotatable bonds is 2. The predicted molar refractivity (Wildman–Crippen MR) is 115 cm³/mol. The summed E-state index contributed by atoms with van der Waals surface area (Å²) in [6.45, 7) is 3.73. The number of fused-ring (bicyclic) bond motifs is 3. The van der Waals surface area contributed by atoms with E-state index < -0.39 is 0 Å². The zero-order valence-corrected chi connectivity index (χ0v) is 15.9. The van der Waals surface area contributed by atoms with Gasteiger partial charge in [-0.05, 0) is 36.4 Å². The van der Waals surface area contributed by atoms with Gasteiger partial charge in [0.1, 0.15) is 0 Å². The molecule has 2 aliphatic rings. The molecule has 0 spiro atoms. The van der Waals surface area contributed by atoms with Gasteiger partial charge in [-0.1, -0.05) is 0 Å². The minimum absolute atomic E-state index is 0. The normalized spacial score (nSPS) is 15.8. The SMILES string of the molecule is C1=NCCN1c1ccc2sc3ccc(N4C=NCC4)cc3c2c1.Cl.Cl. The zero-order valence-electron chi connectivity index (χ0n) is 13.5. The van der Waals surface area contributed by atoms with E-state index in [1.54, 1.807) is 0 Å². The van der Waals surface area contributed by atoms with Gasteiger partial charge < -0.3 is 9.80 Å². The molecule has 5 rings (SSSR count). The lowest BCUT2D eigenvalue weighted by Crippen LogP contribution is -2.18. The van der Waals surface area contributed by atoms with Crippen molar-refractivity contribution in [1.82, 2.24) is 0 Å². The molecule has 0 aliphatic carbocycles. The number of thiophene rings is 1. The van der Waals surface area contributed by atoms with E-state index in [9.17, 15) is 0 Å². The van der Waals surface area contributed by atoms with Crippen LogP contribution >= 0.6 is 36.2 Å². The quantitative estimate of drug-likeness (QED) is 0.638. The Balaban J connectivity index is 0.000000911. The van der Waals surface area contributed by atoms with E-state index in [0.29, 0.717) is 0 Å². The van der Waals surface area contributed by atoms with E-state index in [1.807, 2.05) is 24.0 Å². The standard InChI is InChI=1S/C18H16N4S.2ClH/c1-3-17-15(9-13(1)21-7-5-19-11-21)16-10-14(2-4-18(16)23-17)22-8-6-20-12-22;;/h1-4,9-12H,5-8H2;2*1H. The molecule has 0 amide bonds. The van der Waals surface area contributed by atoms with Crippen LogP contribution in [0.4, 0.5) is 11.4 Å². The zero-order chi connectivity index (χ0) is 15.2. The second-order valence-electron chi connectivity index (χ2n) is 5.89. The summed E-state index contributed by atoms with van der Waals surface area (Å²) in [5.74, 6) is 0. The van der Waals surface area contributed by atoms with Crippen LogP contribution in [-0.2, 0) is 0 Å². The Morgan fingerprint density at radius 1 is 0.720 bits per heavy atom. The van der Waals surface area contributed by atoms with Crippen molar-refractivity contribution in [2.24, 2.45) is 9.98 Å². The van der Waals surface area contributed by atoms with E-state index in [2.05, 4.69) is 56.2 Å². The second kappa shape index (κ2) is 7.20. The summed E-state index contributed by atoms with van der Waals surface area (Å²) in [7, 11) is 0. The first-order valence-corrected chi connectivity index (χ1v) is 8.70. The van der Waals surface area contributed by atoms with Gasteiger partial charge in [-0.25, -0.2) is 0 Å². The summed E-state index contributed by atoms with van der Waals surface area (Å²) in [4.78, 5) is 13.1. The van der Waals surface area contributed by atoms with Crippen LogP contribution in [0.15, 0.2) is 46.4 Å². The molecule has 0 radical (unpaired) electrons. The number of hydrogen-bond donors (Lipinski definition) is 0. The van der Waals surface area contributed by atoms with E-state index in [-0.39, 0.29) is 24.8 Å². The van der Waals surface area contributed by atoms with Crippen LogP contribution in [0.1, 0.15) is 0 Å². The molecular weight excluding hydrogens is 375 g/mol. The third-order valence-corrected chi connectivity index (χ3v) is 5.63. The van der Waals surface area contributed by atoms with Crippen molar-refractivity contribution < 1.29 is 0 Å². The Morgan fingerprint density at radius 3 is 1.60 bits per heavy atom. The molecule has 0 unspecified atom stereocenters. The molecule has 0 saturated carbocycles. The van der Waals surface area contributed by atoms with Crippen LogP contribution in [0.25, 0.3) is 20.2 Å². The second-order valence-corrected chi connectivity index (χ2v) is 6.98. The summed E-state index contributed by atoms with van der Waals surface area (Å²) in [6.07, 6.45) is 3.89. The molecule has 130 valence electrons. The van der Waals surface area contributed by atoms with Crippen LogP contribution in [0.3, 0.4) is 0 Å². The van der Waals surface area contributed by atoms with E-state index in [0.717, 1.165) is 26.2 Å². The molecule has 2 aromatic carbocycles. The van der Waals surface area contributed by atoms with Gasteiger partial charge in [-0.2, -0.15) is 0 Å².